The van der Waals surface area contributed by atoms with Gasteiger partial charge in [0.05, 0.1) is 32.0 Å². The number of nitrogens with one attached hydrogen (secondary N) is 1. The molecule has 0 radical (unpaired) electrons. The second-order valence-corrected chi connectivity index (χ2v) is 5.08. The summed E-state index contributed by atoms with van der Waals surface area (Å²) in [6, 6.07) is 5.87. The summed E-state index contributed by atoms with van der Waals surface area (Å²) in [5.41, 5.74) is 2.67. The van der Waals surface area contributed by atoms with Crippen molar-refractivity contribution in [2.24, 2.45) is 0 Å². The van der Waals surface area contributed by atoms with E-state index in [1.807, 2.05) is 30.5 Å². The highest BCUT2D eigenvalue weighted by Gasteiger charge is 2.09. The van der Waals surface area contributed by atoms with E-state index in [1.54, 1.807) is 7.11 Å². The van der Waals surface area contributed by atoms with E-state index >= 15 is 0 Å². The normalized spacial score (nSPS) is 10.2. The molecule has 0 fully saturated rings. The van der Waals surface area contributed by atoms with Crippen molar-refractivity contribution in [3.8, 4) is 5.75 Å². The highest BCUT2D eigenvalue weighted by molar-refractivity contribution is 7.13. The van der Waals surface area contributed by atoms with Crippen LogP contribution in [0.15, 0.2) is 23.6 Å². The number of aryl methyl sites for hydroxylation is 1. The molecular weight excluding hydrogens is 276 g/mol. The number of methoxy groups -OCH3 is 2. The summed E-state index contributed by atoms with van der Waals surface area (Å²) in [6.07, 6.45) is 0.180. The largest absolute Gasteiger partial charge is 0.495 e. The van der Waals surface area contributed by atoms with Crippen LogP contribution >= 0.6 is 11.3 Å². The molecule has 1 N–H and O–H groups in total. The van der Waals surface area contributed by atoms with Gasteiger partial charge in [-0.2, -0.15) is 0 Å². The molecule has 0 saturated carbocycles. The first-order valence-corrected chi connectivity index (χ1v) is 6.93. The van der Waals surface area contributed by atoms with Crippen LogP contribution in [0.4, 0.5) is 10.8 Å². The molecule has 1 aromatic heterocycles. The molecule has 5 nitrogen and oxygen atoms in total. The van der Waals surface area contributed by atoms with E-state index in [4.69, 9.17) is 4.74 Å². The molecule has 0 bridgehead atoms. The summed E-state index contributed by atoms with van der Waals surface area (Å²) >= 11 is 1.44. The Morgan fingerprint density at radius 3 is 2.90 bits per heavy atom. The first-order chi connectivity index (χ1) is 9.62. The Kier molecular flexibility index (Phi) is 4.57. The van der Waals surface area contributed by atoms with Gasteiger partial charge in [0, 0.05) is 5.38 Å². The molecule has 0 aliphatic rings. The Balaban J connectivity index is 2.14. The minimum absolute atomic E-state index is 0.180. The third-order valence-electron chi connectivity index (χ3n) is 2.70. The van der Waals surface area contributed by atoms with Gasteiger partial charge in [-0.25, -0.2) is 4.98 Å². The van der Waals surface area contributed by atoms with Crippen molar-refractivity contribution in [2.45, 2.75) is 13.3 Å². The highest BCUT2D eigenvalue weighted by Crippen LogP contribution is 2.29. The summed E-state index contributed by atoms with van der Waals surface area (Å²) < 4.78 is 9.92. The van der Waals surface area contributed by atoms with Gasteiger partial charge in [-0.3, -0.25) is 4.79 Å². The summed E-state index contributed by atoms with van der Waals surface area (Å²) in [7, 11) is 2.99. The summed E-state index contributed by atoms with van der Waals surface area (Å²) in [6.45, 7) is 2.01. The van der Waals surface area contributed by atoms with Crippen molar-refractivity contribution >= 4 is 28.1 Å². The number of aromatic nitrogens is 1. The van der Waals surface area contributed by atoms with E-state index in [9.17, 15) is 4.79 Å². The molecule has 0 amide bonds. The van der Waals surface area contributed by atoms with Gasteiger partial charge in [0.15, 0.2) is 5.13 Å². The van der Waals surface area contributed by atoms with Crippen LogP contribution in [0, 0.1) is 6.92 Å². The fraction of sp³-hybridized carbons (Fsp3) is 0.286. The van der Waals surface area contributed by atoms with E-state index in [-0.39, 0.29) is 12.4 Å². The lowest BCUT2D eigenvalue weighted by Crippen LogP contribution is -2.04. The van der Waals surface area contributed by atoms with E-state index in [2.05, 4.69) is 15.0 Å². The molecule has 2 aromatic rings. The van der Waals surface area contributed by atoms with Gasteiger partial charge in [0.1, 0.15) is 5.75 Å². The first kappa shape index (κ1) is 14.3. The number of nitrogens with zero attached hydrogens (tertiary/aromatic N) is 1. The molecule has 0 unspecified atom stereocenters. The minimum Gasteiger partial charge on any atom is -0.495 e. The Labute approximate surface area is 121 Å². The summed E-state index contributed by atoms with van der Waals surface area (Å²) in [5.74, 6) is 0.454. The SMILES string of the molecule is COC(=O)Cc1csc(Nc2cc(C)ccc2OC)n1. The second kappa shape index (κ2) is 6.38. The van der Waals surface area contributed by atoms with Crippen molar-refractivity contribution in [2.75, 3.05) is 19.5 Å². The molecule has 0 atom stereocenters. The number of ether oxygens (including phenoxy) is 2. The summed E-state index contributed by atoms with van der Waals surface area (Å²) in [4.78, 5) is 15.5. The van der Waals surface area contributed by atoms with Crippen LogP contribution in [-0.4, -0.2) is 25.2 Å². The maximum absolute atomic E-state index is 11.2. The predicted molar refractivity (Wildman–Crippen MR) is 78.8 cm³/mol. The molecule has 0 aliphatic carbocycles. The van der Waals surface area contributed by atoms with Crippen molar-refractivity contribution in [1.29, 1.82) is 0 Å². The van der Waals surface area contributed by atoms with Gasteiger partial charge in [-0.1, -0.05) is 6.07 Å². The van der Waals surface area contributed by atoms with Crippen LogP contribution in [-0.2, 0) is 16.0 Å². The second-order valence-electron chi connectivity index (χ2n) is 4.23. The minimum atomic E-state index is -0.296. The Morgan fingerprint density at radius 1 is 1.40 bits per heavy atom. The maximum Gasteiger partial charge on any atom is 0.311 e. The number of thiazole rings is 1. The number of hydrogen-bond donors (Lipinski definition) is 1. The average Bonchev–Trinajstić information content (AvgIpc) is 2.86. The zero-order valence-corrected chi connectivity index (χ0v) is 12.4. The van der Waals surface area contributed by atoms with E-state index in [0.717, 1.165) is 17.0 Å². The number of esters is 1. The average molecular weight is 292 g/mol. The van der Waals surface area contributed by atoms with Crippen LogP contribution in [0.5, 0.6) is 5.75 Å². The first-order valence-electron chi connectivity index (χ1n) is 6.05. The summed E-state index contributed by atoms with van der Waals surface area (Å²) in [5, 5.41) is 5.76. The smallest absolute Gasteiger partial charge is 0.311 e. The third-order valence-corrected chi connectivity index (χ3v) is 3.51. The molecule has 20 heavy (non-hydrogen) atoms. The van der Waals surface area contributed by atoms with Gasteiger partial charge >= 0.3 is 5.97 Å². The molecule has 6 heteroatoms. The van der Waals surface area contributed by atoms with Crippen LogP contribution in [0.1, 0.15) is 11.3 Å². The van der Waals surface area contributed by atoms with Crippen LogP contribution in [0.3, 0.4) is 0 Å². The van der Waals surface area contributed by atoms with E-state index < -0.39 is 0 Å². The molecule has 0 saturated heterocycles. The standard InChI is InChI=1S/C14H16N2O3S/c1-9-4-5-12(18-2)11(6-9)16-14-15-10(8-20-14)7-13(17)19-3/h4-6,8H,7H2,1-3H3,(H,15,16). The Morgan fingerprint density at radius 2 is 2.20 bits per heavy atom. The molecule has 1 aromatic carbocycles. The van der Waals surface area contributed by atoms with Gasteiger partial charge in [-0.15, -0.1) is 11.3 Å². The van der Waals surface area contributed by atoms with E-state index in [0.29, 0.717) is 10.8 Å². The predicted octanol–water partition coefficient (Wildman–Crippen LogP) is 2.92. The Bertz CT molecular complexity index is 610. The number of hydrogen-bond acceptors (Lipinski definition) is 6. The van der Waals surface area contributed by atoms with Crippen molar-refractivity contribution in [3.63, 3.8) is 0 Å². The third kappa shape index (κ3) is 3.48. The lowest BCUT2D eigenvalue weighted by atomic mass is 10.2. The van der Waals surface area contributed by atoms with Gasteiger partial charge < -0.3 is 14.8 Å². The van der Waals surface area contributed by atoms with Crippen LogP contribution in [0.25, 0.3) is 0 Å². The maximum atomic E-state index is 11.2. The lowest BCUT2D eigenvalue weighted by molar-refractivity contribution is -0.139. The number of rotatable bonds is 5. The van der Waals surface area contributed by atoms with E-state index in [1.165, 1.54) is 18.4 Å². The topological polar surface area (TPSA) is 60.5 Å². The lowest BCUT2D eigenvalue weighted by Gasteiger charge is -2.09. The van der Waals surface area contributed by atoms with Crippen molar-refractivity contribution in [3.05, 3.63) is 34.8 Å². The zero-order valence-electron chi connectivity index (χ0n) is 11.6. The highest BCUT2D eigenvalue weighted by atomic mass is 32.1. The van der Waals surface area contributed by atoms with Crippen LogP contribution < -0.4 is 10.1 Å². The van der Waals surface area contributed by atoms with Gasteiger partial charge in [0.2, 0.25) is 0 Å². The molecule has 1 heterocycles. The fourth-order valence-corrected chi connectivity index (χ4v) is 2.42. The Hall–Kier alpha value is -2.08. The van der Waals surface area contributed by atoms with Crippen molar-refractivity contribution < 1.29 is 14.3 Å². The molecule has 0 spiro atoms. The van der Waals surface area contributed by atoms with Crippen LogP contribution in [0.2, 0.25) is 0 Å². The fourth-order valence-electron chi connectivity index (χ4n) is 1.70. The van der Waals surface area contributed by atoms with Crippen molar-refractivity contribution in [1.82, 2.24) is 4.98 Å². The molecule has 106 valence electrons. The molecular formula is C14H16N2O3S. The zero-order chi connectivity index (χ0) is 14.5. The number of carbonyl (C=O) groups is 1. The van der Waals surface area contributed by atoms with Gasteiger partial charge in [-0.05, 0) is 24.6 Å². The van der Waals surface area contributed by atoms with Gasteiger partial charge in [0.25, 0.3) is 0 Å². The molecule has 0 aliphatic heterocycles. The quantitative estimate of drug-likeness (QED) is 0.859. The number of carbonyl (C=O) groups excluding carboxylic acids is 1. The number of anilines is 2. The number of benzene rings is 1. The monoisotopic (exact) mass is 292 g/mol. The molecule has 2 rings (SSSR count).